The van der Waals surface area contributed by atoms with Gasteiger partial charge in [0.25, 0.3) is 5.56 Å². The summed E-state index contributed by atoms with van der Waals surface area (Å²) in [5.41, 5.74) is 2.64. The van der Waals surface area contributed by atoms with Crippen LogP contribution in [0.4, 0.5) is 0 Å². The van der Waals surface area contributed by atoms with Crippen LogP contribution < -0.4 is 5.56 Å². The van der Waals surface area contributed by atoms with Crippen molar-refractivity contribution in [1.82, 2.24) is 14.7 Å². The maximum atomic E-state index is 12.7. The smallest absolute Gasteiger partial charge is 0.275 e. The van der Waals surface area contributed by atoms with E-state index in [4.69, 9.17) is 0 Å². The molecule has 1 heterocycles. The third-order valence-corrected chi connectivity index (χ3v) is 4.96. The lowest BCUT2D eigenvalue weighted by molar-refractivity contribution is 0.184. The molecule has 0 spiro atoms. The summed E-state index contributed by atoms with van der Waals surface area (Å²) in [6, 6.07) is 17.0. The second-order valence-electron chi connectivity index (χ2n) is 6.83. The number of benzene rings is 2. The number of aromatic nitrogens is 2. The second kappa shape index (κ2) is 6.81. The van der Waals surface area contributed by atoms with Crippen molar-refractivity contribution in [3.8, 4) is 0 Å². The number of hydrogen-bond acceptors (Lipinski definition) is 3. The number of nitrogens with zero attached hydrogens (tertiary/aromatic N) is 3. The summed E-state index contributed by atoms with van der Waals surface area (Å²) in [6.45, 7) is 3.57. The molecule has 0 N–H and O–H groups in total. The van der Waals surface area contributed by atoms with Gasteiger partial charge >= 0.3 is 0 Å². The third kappa shape index (κ3) is 3.49. The molecule has 3 aromatic rings. The molecule has 0 unspecified atom stereocenters. The Hall–Kier alpha value is -2.46. The molecule has 1 aliphatic rings. The standard InChI is InChI=1S/C21H23N3O/c1-2-16-7-9-17(10-8-16)14-23(19-11-12-19)15-24-21(25)20-6-4-3-5-18(20)13-22-24/h3-10,13,19H,2,11-12,14-15H2,1H3. The Balaban J connectivity index is 1.58. The molecule has 0 atom stereocenters. The molecule has 0 aliphatic heterocycles. The van der Waals surface area contributed by atoms with E-state index in [1.807, 2.05) is 24.3 Å². The highest BCUT2D eigenvalue weighted by Crippen LogP contribution is 2.28. The summed E-state index contributed by atoms with van der Waals surface area (Å²) in [7, 11) is 0. The SMILES string of the molecule is CCc1ccc(CN(Cn2ncc3ccccc3c2=O)C2CC2)cc1. The van der Waals surface area contributed by atoms with E-state index >= 15 is 0 Å². The first-order valence-corrected chi connectivity index (χ1v) is 9.01. The van der Waals surface area contributed by atoms with E-state index in [0.29, 0.717) is 12.7 Å². The van der Waals surface area contributed by atoms with Crippen LogP contribution in [0.1, 0.15) is 30.9 Å². The minimum absolute atomic E-state index is 0.00918. The Morgan fingerprint density at radius 1 is 1.08 bits per heavy atom. The Morgan fingerprint density at radius 3 is 2.52 bits per heavy atom. The van der Waals surface area contributed by atoms with E-state index in [0.717, 1.165) is 23.7 Å². The zero-order valence-corrected chi connectivity index (χ0v) is 14.6. The molecule has 128 valence electrons. The molecule has 0 amide bonds. The van der Waals surface area contributed by atoms with Gasteiger partial charge in [0.1, 0.15) is 0 Å². The molecule has 1 saturated carbocycles. The van der Waals surface area contributed by atoms with E-state index in [9.17, 15) is 4.79 Å². The number of rotatable bonds is 6. The number of hydrogen-bond donors (Lipinski definition) is 0. The minimum Gasteiger partial charge on any atom is -0.277 e. The van der Waals surface area contributed by atoms with Crippen LogP contribution >= 0.6 is 0 Å². The van der Waals surface area contributed by atoms with E-state index in [1.165, 1.54) is 24.0 Å². The van der Waals surface area contributed by atoms with Crippen molar-refractivity contribution >= 4 is 10.8 Å². The maximum Gasteiger partial charge on any atom is 0.275 e. The highest BCUT2D eigenvalue weighted by atomic mass is 16.1. The van der Waals surface area contributed by atoms with Crippen molar-refractivity contribution in [2.45, 2.75) is 45.4 Å². The molecule has 4 heteroatoms. The summed E-state index contributed by atoms with van der Waals surface area (Å²) in [6.07, 6.45) is 5.26. The first-order valence-electron chi connectivity index (χ1n) is 9.01. The number of aryl methyl sites for hydroxylation is 1. The van der Waals surface area contributed by atoms with Crippen molar-refractivity contribution in [3.05, 3.63) is 76.2 Å². The van der Waals surface area contributed by atoms with Crippen LogP contribution in [0.5, 0.6) is 0 Å². The Bertz CT molecular complexity index is 926. The van der Waals surface area contributed by atoms with Crippen LogP contribution in [0.15, 0.2) is 59.5 Å². The van der Waals surface area contributed by atoms with E-state index in [2.05, 4.69) is 41.2 Å². The fourth-order valence-electron chi connectivity index (χ4n) is 3.25. The lowest BCUT2D eigenvalue weighted by Gasteiger charge is -2.22. The van der Waals surface area contributed by atoms with Crippen LogP contribution in [0.3, 0.4) is 0 Å². The Morgan fingerprint density at radius 2 is 1.80 bits per heavy atom. The zero-order valence-electron chi connectivity index (χ0n) is 14.6. The Kier molecular flexibility index (Phi) is 4.36. The molecule has 0 radical (unpaired) electrons. The Labute approximate surface area is 147 Å². The van der Waals surface area contributed by atoms with E-state index in [1.54, 1.807) is 10.9 Å². The van der Waals surface area contributed by atoms with Crippen LogP contribution in [0, 0.1) is 0 Å². The van der Waals surface area contributed by atoms with Gasteiger partial charge in [0, 0.05) is 18.0 Å². The summed E-state index contributed by atoms with van der Waals surface area (Å²) in [4.78, 5) is 15.1. The monoisotopic (exact) mass is 333 g/mol. The average Bonchev–Trinajstić information content (AvgIpc) is 3.49. The molecule has 0 saturated heterocycles. The quantitative estimate of drug-likeness (QED) is 0.692. The predicted molar refractivity (Wildman–Crippen MR) is 100 cm³/mol. The lowest BCUT2D eigenvalue weighted by Crippen LogP contribution is -2.34. The third-order valence-electron chi connectivity index (χ3n) is 4.96. The largest absolute Gasteiger partial charge is 0.277 e. The molecule has 25 heavy (non-hydrogen) atoms. The number of fused-ring (bicyclic) bond motifs is 1. The fourth-order valence-corrected chi connectivity index (χ4v) is 3.25. The molecular weight excluding hydrogens is 310 g/mol. The molecule has 0 bridgehead atoms. The van der Waals surface area contributed by atoms with Gasteiger partial charge in [-0.3, -0.25) is 9.69 Å². The van der Waals surface area contributed by atoms with Gasteiger partial charge in [0.05, 0.1) is 18.3 Å². The highest BCUT2D eigenvalue weighted by molar-refractivity contribution is 5.80. The zero-order chi connectivity index (χ0) is 17.2. The maximum absolute atomic E-state index is 12.7. The topological polar surface area (TPSA) is 38.1 Å². The first-order chi connectivity index (χ1) is 12.2. The van der Waals surface area contributed by atoms with Crippen LogP contribution in [-0.4, -0.2) is 20.7 Å². The highest BCUT2D eigenvalue weighted by Gasteiger charge is 2.29. The molecule has 2 aromatic carbocycles. The van der Waals surface area contributed by atoms with Crippen LogP contribution in [0.25, 0.3) is 10.8 Å². The normalized spacial score (nSPS) is 14.3. The molecule has 1 fully saturated rings. The molecule has 4 nitrogen and oxygen atoms in total. The van der Waals surface area contributed by atoms with Crippen LogP contribution in [0.2, 0.25) is 0 Å². The lowest BCUT2D eigenvalue weighted by atomic mass is 10.1. The van der Waals surface area contributed by atoms with Crippen LogP contribution in [-0.2, 0) is 19.6 Å². The van der Waals surface area contributed by atoms with Crippen molar-refractivity contribution in [2.75, 3.05) is 0 Å². The van der Waals surface area contributed by atoms with Gasteiger partial charge < -0.3 is 0 Å². The van der Waals surface area contributed by atoms with Gasteiger partial charge in [-0.1, -0.05) is 49.4 Å². The van der Waals surface area contributed by atoms with Crippen molar-refractivity contribution in [3.63, 3.8) is 0 Å². The first kappa shape index (κ1) is 16.0. The summed E-state index contributed by atoms with van der Waals surface area (Å²) >= 11 is 0. The van der Waals surface area contributed by atoms with Gasteiger partial charge in [-0.2, -0.15) is 5.10 Å². The summed E-state index contributed by atoms with van der Waals surface area (Å²) in [5, 5.41) is 6.02. The minimum atomic E-state index is -0.00918. The van der Waals surface area contributed by atoms with Crippen molar-refractivity contribution < 1.29 is 0 Å². The van der Waals surface area contributed by atoms with Gasteiger partial charge in [-0.05, 0) is 36.5 Å². The van der Waals surface area contributed by atoms with Gasteiger partial charge in [0.2, 0.25) is 0 Å². The van der Waals surface area contributed by atoms with Crippen molar-refractivity contribution in [1.29, 1.82) is 0 Å². The van der Waals surface area contributed by atoms with Gasteiger partial charge in [0.15, 0.2) is 0 Å². The van der Waals surface area contributed by atoms with Gasteiger partial charge in [-0.15, -0.1) is 0 Å². The van der Waals surface area contributed by atoms with E-state index in [-0.39, 0.29) is 5.56 Å². The van der Waals surface area contributed by atoms with E-state index < -0.39 is 0 Å². The molecule has 4 rings (SSSR count). The van der Waals surface area contributed by atoms with Crippen molar-refractivity contribution in [2.24, 2.45) is 0 Å². The second-order valence-corrected chi connectivity index (χ2v) is 6.83. The average molecular weight is 333 g/mol. The summed E-state index contributed by atoms with van der Waals surface area (Å²) < 4.78 is 1.60. The van der Waals surface area contributed by atoms with Gasteiger partial charge in [-0.25, -0.2) is 4.68 Å². The predicted octanol–water partition coefficient (Wildman–Crippen LogP) is 3.58. The molecular formula is C21H23N3O. The molecule has 1 aromatic heterocycles. The fraction of sp³-hybridized carbons (Fsp3) is 0.333. The summed E-state index contributed by atoms with van der Waals surface area (Å²) in [5.74, 6) is 0. The molecule has 1 aliphatic carbocycles.